The van der Waals surface area contributed by atoms with Crippen LogP contribution in [-0.2, 0) is 0 Å². The second-order valence-corrected chi connectivity index (χ2v) is 4.30. The molecule has 0 atom stereocenters. The van der Waals surface area contributed by atoms with Crippen molar-refractivity contribution in [2.45, 2.75) is 19.8 Å². The summed E-state index contributed by atoms with van der Waals surface area (Å²) in [7, 11) is 1.92. The van der Waals surface area contributed by atoms with Crippen molar-refractivity contribution in [3.63, 3.8) is 0 Å². The Morgan fingerprint density at radius 1 is 1.44 bits per heavy atom. The molecular formula is C13H19BrNO. The topological polar surface area (TPSA) is 21.3 Å². The fourth-order valence-electron chi connectivity index (χ4n) is 1.47. The van der Waals surface area contributed by atoms with Crippen molar-refractivity contribution in [2.75, 3.05) is 24.3 Å². The molecule has 2 nitrogen and oxygen atoms in total. The van der Waals surface area contributed by atoms with E-state index in [4.69, 9.17) is 4.74 Å². The summed E-state index contributed by atoms with van der Waals surface area (Å²) in [5.74, 6) is 0.928. The first-order valence-corrected chi connectivity index (χ1v) is 6.77. The summed E-state index contributed by atoms with van der Waals surface area (Å²) in [5.41, 5.74) is 2.29. The van der Waals surface area contributed by atoms with E-state index in [-0.39, 0.29) is 0 Å². The number of alkyl halides is 1. The summed E-state index contributed by atoms with van der Waals surface area (Å²) in [6.45, 7) is 2.89. The van der Waals surface area contributed by atoms with E-state index < -0.39 is 0 Å². The van der Waals surface area contributed by atoms with Gasteiger partial charge in [0.25, 0.3) is 0 Å². The summed E-state index contributed by atoms with van der Waals surface area (Å²) >= 11 is 3.39. The van der Waals surface area contributed by atoms with E-state index in [2.05, 4.69) is 46.7 Å². The van der Waals surface area contributed by atoms with E-state index in [1.807, 2.05) is 13.1 Å². The summed E-state index contributed by atoms with van der Waals surface area (Å²) < 4.78 is 5.70. The lowest BCUT2D eigenvalue weighted by atomic mass is 10.1. The van der Waals surface area contributed by atoms with Gasteiger partial charge in [0, 0.05) is 12.4 Å². The molecule has 1 aromatic rings. The Balaban J connectivity index is 2.68. The zero-order valence-corrected chi connectivity index (χ0v) is 11.5. The Bertz CT molecular complexity index is 315. The molecule has 0 spiro atoms. The van der Waals surface area contributed by atoms with Crippen LogP contribution in [-0.4, -0.2) is 19.0 Å². The lowest BCUT2D eigenvalue weighted by Gasteiger charge is -2.12. The van der Waals surface area contributed by atoms with Gasteiger partial charge in [0.2, 0.25) is 0 Å². The van der Waals surface area contributed by atoms with Crippen LogP contribution in [0.1, 0.15) is 25.3 Å². The Labute approximate surface area is 107 Å². The third kappa shape index (κ3) is 4.05. The average molecular weight is 285 g/mol. The zero-order chi connectivity index (χ0) is 11.8. The maximum atomic E-state index is 5.70. The van der Waals surface area contributed by atoms with Gasteiger partial charge in [-0.15, -0.1) is 0 Å². The van der Waals surface area contributed by atoms with E-state index in [1.165, 1.54) is 5.56 Å². The van der Waals surface area contributed by atoms with Gasteiger partial charge in [-0.25, -0.2) is 0 Å². The molecule has 0 saturated heterocycles. The Kier molecular flexibility index (Phi) is 6.31. The molecule has 1 aromatic carbocycles. The first-order valence-electron chi connectivity index (χ1n) is 5.65. The number of rotatable bonds is 7. The number of nitrogens with one attached hydrogen (secondary N) is 1. The van der Waals surface area contributed by atoms with Gasteiger partial charge in [-0.3, -0.25) is 0 Å². The lowest BCUT2D eigenvalue weighted by molar-refractivity contribution is 0.320. The van der Waals surface area contributed by atoms with E-state index in [0.717, 1.165) is 36.2 Å². The van der Waals surface area contributed by atoms with Crippen molar-refractivity contribution in [1.29, 1.82) is 0 Å². The van der Waals surface area contributed by atoms with Crippen molar-refractivity contribution in [1.82, 2.24) is 0 Å². The van der Waals surface area contributed by atoms with Gasteiger partial charge in [0.05, 0.1) is 12.3 Å². The fraction of sp³-hybridized carbons (Fsp3) is 0.462. The summed E-state index contributed by atoms with van der Waals surface area (Å²) in [4.78, 5) is 0. The van der Waals surface area contributed by atoms with E-state index in [1.54, 1.807) is 0 Å². The zero-order valence-electron chi connectivity index (χ0n) is 9.92. The molecule has 0 unspecified atom stereocenters. The highest BCUT2D eigenvalue weighted by Gasteiger charge is 2.03. The van der Waals surface area contributed by atoms with Crippen molar-refractivity contribution in [3.8, 4) is 5.75 Å². The molecule has 0 fully saturated rings. The van der Waals surface area contributed by atoms with Gasteiger partial charge in [-0.05, 0) is 37.0 Å². The third-order valence-electron chi connectivity index (χ3n) is 2.25. The Morgan fingerprint density at radius 3 is 2.88 bits per heavy atom. The molecule has 1 radical (unpaired) electrons. The number of ether oxygens (including phenoxy) is 1. The Hall–Kier alpha value is -0.700. The normalized spacial score (nSPS) is 10.2. The maximum absolute atomic E-state index is 5.70. The minimum absolute atomic E-state index is 0.747. The standard InChI is InChI=1S/C13H19BrNO/c1-3-5-11-6-7-13(12(10-11)15-2)16-9-4-8-14/h5-7,10,15H,3-4,8-9H2,1-2H3. The monoisotopic (exact) mass is 284 g/mol. The van der Waals surface area contributed by atoms with Gasteiger partial charge >= 0.3 is 0 Å². The largest absolute Gasteiger partial charge is 0.491 e. The van der Waals surface area contributed by atoms with E-state index in [0.29, 0.717) is 0 Å². The number of hydrogen-bond acceptors (Lipinski definition) is 2. The van der Waals surface area contributed by atoms with E-state index in [9.17, 15) is 0 Å². The van der Waals surface area contributed by atoms with Crippen molar-refractivity contribution < 1.29 is 4.74 Å². The fourth-order valence-corrected chi connectivity index (χ4v) is 1.70. The number of anilines is 1. The molecule has 0 aliphatic heterocycles. The van der Waals surface area contributed by atoms with Gasteiger partial charge in [0.1, 0.15) is 5.75 Å². The van der Waals surface area contributed by atoms with Gasteiger partial charge in [-0.2, -0.15) is 0 Å². The predicted octanol–water partition coefficient (Wildman–Crippen LogP) is 3.85. The molecule has 0 aliphatic carbocycles. The molecule has 0 amide bonds. The molecule has 0 aromatic heterocycles. The van der Waals surface area contributed by atoms with Crippen molar-refractivity contribution in [3.05, 3.63) is 30.2 Å². The predicted molar refractivity (Wildman–Crippen MR) is 73.6 cm³/mol. The summed E-state index contributed by atoms with van der Waals surface area (Å²) in [5, 5.41) is 4.14. The lowest BCUT2D eigenvalue weighted by Crippen LogP contribution is -2.01. The van der Waals surface area contributed by atoms with Crippen LogP contribution < -0.4 is 10.1 Å². The van der Waals surface area contributed by atoms with Crippen LogP contribution >= 0.6 is 15.9 Å². The highest BCUT2D eigenvalue weighted by Crippen LogP contribution is 2.26. The average Bonchev–Trinajstić information content (AvgIpc) is 2.31. The Morgan fingerprint density at radius 2 is 2.25 bits per heavy atom. The third-order valence-corrected chi connectivity index (χ3v) is 2.81. The van der Waals surface area contributed by atoms with E-state index >= 15 is 0 Å². The minimum Gasteiger partial charge on any atom is -0.491 e. The highest BCUT2D eigenvalue weighted by molar-refractivity contribution is 9.09. The minimum atomic E-state index is 0.747. The number of hydrogen-bond donors (Lipinski definition) is 1. The molecule has 1 N–H and O–H groups in total. The maximum Gasteiger partial charge on any atom is 0.142 e. The van der Waals surface area contributed by atoms with Crippen LogP contribution in [0.2, 0.25) is 0 Å². The van der Waals surface area contributed by atoms with Crippen LogP contribution in [0.25, 0.3) is 0 Å². The molecule has 1 rings (SSSR count). The number of halogens is 1. The van der Waals surface area contributed by atoms with Crippen LogP contribution in [0, 0.1) is 6.42 Å². The number of benzene rings is 1. The molecule has 89 valence electrons. The van der Waals surface area contributed by atoms with Crippen LogP contribution in [0.4, 0.5) is 5.69 Å². The molecule has 3 heteroatoms. The first kappa shape index (κ1) is 13.4. The van der Waals surface area contributed by atoms with Gasteiger partial charge in [-0.1, -0.05) is 28.9 Å². The molecule has 0 heterocycles. The summed E-state index contributed by atoms with van der Waals surface area (Å²) in [6, 6.07) is 6.24. The van der Waals surface area contributed by atoms with Crippen LogP contribution in [0.3, 0.4) is 0 Å². The smallest absolute Gasteiger partial charge is 0.142 e. The SMILES string of the molecule is CC[CH]c1ccc(OCCCBr)c(NC)c1. The molecule has 16 heavy (non-hydrogen) atoms. The molecule has 0 aliphatic rings. The molecular weight excluding hydrogens is 266 g/mol. The second-order valence-electron chi connectivity index (χ2n) is 3.51. The second kappa shape index (κ2) is 7.55. The molecule has 0 saturated carbocycles. The molecule has 0 bridgehead atoms. The van der Waals surface area contributed by atoms with Gasteiger partial charge in [0.15, 0.2) is 0 Å². The first-order chi connectivity index (χ1) is 7.81. The van der Waals surface area contributed by atoms with Gasteiger partial charge < -0.3 is 10.1 Å². The van der Waals surface area contributed by atoms with Crippen molar-refractivity contribution in [2.24, 2.45) is 0 Å². The van der Waals surface area contributed by atoms with Crippen molar-refractivity contribution >= 4 is 21.6 Å². The van der Waals surface area contributed by atoms with Crippen LogP contribution in [0.15, 0.2) is 18.2 Å². The highest BCUT2D eigenvalue weighted by atomic mass is 79.9. The quantitative estimate of drug-likeness (QED) is 0.607. The van der Waals surface area contributed by atoms with Crippen LogP contribution in [0.5, 0.6) is 5.75 Å². The summed E-state index contributed by atoms with van der Waals surface area (Å²) in [6.07, 6.45) is 4.27.